The van der Waals surface area contributed by atoms with Gasteiger partial charge in [0.2, 0.25) is 0 Å². The van der Waals surface area contributed by atoms with Gasteiger partial charge in [0, 0.05) is 39.3 Å². The number of nitrogens with two attached hydrogens (primary N) is 1. The Balaban J connectivity index is 1.78. The monoisotopic (exact) mass is 361 g/mol. The third-order valence-corrected chi connectivity index (χ3v) is 4.88. The fraction of sp³-hybridized carbons (Fsp3) is 0.400. The van der Waals surface area contributed by atoms with Crippen molar-refractivity contribution in [3.8, 4) is 0 Å². The topological polar surface area (TPSA) is 52.7 Å². The van der Waals surface area contributed by atoms with Crippen LogP contribution in [0.4, 0.5) is 8.78 Å². The van der Waals surface area contributed by atoms with Crippen LogP contribution in [0, 0.1) is 11.6 Å². The van der Waals surface area contributed by atoms with E-state index in [0.29, 0.717) is 6.54 Å². The van der Waals surface area contributed by atoms with E-state index >= 15 is 0 Å². The standard InChI is InChI=1S/C20H25F2N3O/c21-17-5-1-15(2-6-17)20(16-3-7-18(22)8-4-16)25-11-9-24(10-12-25)14-19(26)13-23/h1-8,19-20,26H,9-14,23H2/t19-/m1/s1. The lowest BCUT2D eigenvalue weighted by Gasteiger charge is -2.40. The summed E-state index contributed by atoms with van der Waals surface area (Å²) in [4.78, 5) is 4.51. The number of hydrogen-bond donors (Lipinski definition) is 2. The molecule has 140 valence electrons. The van der Waals surface area contributed by atoms with E-state index in [2.05, 4.69) is 9.80 Å². The Hall–Kier alpha value is -1.86. The highest BCUT2D eigenvalue weighted by Gasteiger charge is 2.27. The van der Waals surface area contributed by atoms with Crippen molar-refractivity contribution in [2.24, 2.45) is 5.73 Å². The van der Waals surface area contributed by atoms with Gasteiger partial charge in [-0.2, -0.15) is 0 Å². The Labute approximate surface area is 152 Å². The molecule has 0 amide bonds. The van der Waals surface area contributed by atoms with Crippen molar-refractivity contribution in [1.29, 1.82) is 0 Å². The van der Waals surface area contributed by atoms with Gasteiger partial charge in [0.1, 0.15) is 11.6 Å². The molecule has 3 N–H and O–H groups in total. The third-order valence-electron chi connectivity index (χ3n) is 4.88. The minimum absolute atomic E-state index is 0.0576. The molecule has 4 nitrogen and oxygen atoms in total. The summed E-state index contributed by atoms with van der Waals surface area (Å²) in [5.74, 6) is -0.542. The number of halogens is 2. The van der Waals surface area contributed by atoms with Crippen LogP contribution in [0.25, 0.3) is 0 Å². The zero-order chi connectivity index (χ0) is 18.5. The van der Waals surface area contributed by atoms with Crippen LogP contribution in [0.3, 0.4) is 0 Å². The largest absolute Gasteiger partial charge is 0.390 e. The first-order valence-corrected chi connectivity index (χ1v) is 8.92. The van der Waals surface area contributed by atoms with Crippen LogP contribution >= 0.6 is 0 Å². The Bertz CT molecular complexity index is 640. The smallest absolute Gasteiger partial charge is 0.123 e. The van der Waals surface area contributed by atoms with Gasteiger partial charge >= 0.3 is 0 Å². The lowest BCUT2D eigenvalue weighted by atomic mass is 9.96. The quantitative estimate of drug-likeness (QED) is 0.826. The van der Waals surface area contributed by atoms with E-state index in [-0.39, 0.29) is 24.2 Å². The molecule has 0 bridgehead atoms. The van der Waals surface area contributed by atoms with Crippen molar-refractivity contribution in [3.63, 3.8) is 0 Å². The van der Waals surface area contributed by atoms with E-state index in [1.165, 1.54) is 24.3 Å². The van der Waals surface area contributed by atoms with Gasteiger partial charge in [0.25, 0.3) is 0 Å². The Morgan fingerprint density at radius 1 is 0.846 bits per heavy atom. The summed E-state index contributed by atoms with van der Waals surface area (Å²) >= 11 is 0. The van der Waals surface area contributed by atoms with E-state index in [4.69, 9.17) is 5.73 Å². The number of benzene rings is 2. The summed E-state index contributed by atoms with van der Waals surface area (Å²) < 4.78 is 26.7. The normalized spacial score (nSPS) is 17.6. The van der Waals surface area contributed by atoms with Gasteiger partial charge in [0.15, 0.2) is 0 Å². The summed E-state index contributed by atoms with van der Waals surface area (Å²) in [7, 11) is 0. The second-order valence-electron chi connectivity index (χ2n) is 6.73. The highest BCUT2D eigenvalue weighted by Crippen LogP contribution is 2.30. The van der Waals surface area contributed by atoms with Crippen LogP contribution in [0.1, 0.15) is 17.2 Å². The maximum absolute atomic E-state index is 13.4. The first-order chi connectivity index (χ1) is 12.6. The number of piperazine rings is 1. The van der Waals surface area contributed by atoms with E-state index < -0.39 is 6.10 Å². The van der Waals surface area contributed by atoms with E-state index in [1.807, 2.05) is 0 Å². The van der Waals surface area contributed by atoms with E-state index in [9.17, 15) is 13.9 Å². The van der Waals surface area contributed by atoms with Crippen LogP contribution in [-0.4, -0.2) is 60.3 Å². The van der Waals surface area contributed by atoms with Crippen LogP contribution in [0.2, 0.25) is 0 Å². The van der Waals surface area contributed by atoms with Gasteiger partial charge in [0.05, 0.1) is 12.1 Å². The molecule has 1 atom stereocenters. The molecule has 1 saturated heterocycles. The van der Waals surface area contributed by atoms with Crippen LogP contribution in [-0.2, 0) is 0 Å². The zero-order valence-corrected chi connectivity index (χ0v) is 14.7. The molecule has 1 aliphatic rings. The Morgan fingerprint density at radius 3 is 1.73 bits per heavy atom. The summed E-state index contributed by atoms with van der Waals surface area (Å²) in [5, 5.41) is 9.74. The second-order valence-corrected chi connectivity index (χ2v) is 6.73. The second kappa shape index (κ2) is 8.68. The molecule has 6 heteroatoms. The van der Waals surface area contributed by atoms with Gasteiger partial charge in [-0.1, -0.05) is 24.3 Å². The number of nitrogens with zero attached hydrogens (tertiary/aromatic N) is 2. The first-order valence-electron chi connectivity index (χ1n) is 8.92. The minimum atomic E-state index is -0.508. The zero-order valence-electron chi connectivity index (χ0n) is 14.7. The van der Waals surface area contributed by atoms with Crippen molar-refractivity contribution in [1.82, 2.24) is 9.80 Å². The molecule has 1 fully saturated rings. The maximum atomic E-state index is 13.4. The van der Waals surface area contributed by atoms with Gasteiger partial charge < -0.3 is 10.8 Å². The Kier molecular flexibility index (Phi) is 6.32. The number of aliphatic hydroxyl groups is 1. The Morgan fingerprint density at radius 2 is 1.31 bits per heavy atom. The summed E-state index contributed by atoms with van der Waals surface area (Å²) in [5.41, 5.74) is 7.45. The summed E-state index contributed by atoms with van der Waals surface area (Å²) in [6.45, 7) is 4.06. The molecule has 2 aromatic rings. The van der Waals surface area contributed by atoms with Crippen molar-refractivity contribution >= 4 is 0 Å². The molecule has 0 saturated carbocycles. The third kappa shape index (κ3) is 4.65. The van der Waals surface area contributed by atoms with Gasteiger partial charge in [-0.25, -0.2) is 8.78 Å². The number of aliphatic hydroxyl groups excluding tert-OH is 1. The fourth-order valence-corrected chi connectivity index (χ4v) is 3.48. The molecule has 0 spiro atoms. The molecule has 26 heavy (non-hydrogen) atoms. The molecular weight excluding hydrogens is 336 g/mol. The maximum Gasteiger partial charge on any atom is 0.123 e. The van der Waals surface area contributed by atoms with E-state index in [0.717, 1.165) is 37.3 Å². The van der Waals surface area contributed by atoms with Crippen LogP contribution in [0.15, 0.2) is 48.5 Å². The SMILES string of the molecule is NC[C@@H](O)CN1CCN(C(c2ccc(F)cc2)c2ccc(F)cc2)CC1. The molecule has 3 rings (SSSR count). The predicted octanol–water partition coefficient (Wildman–Crippen LogP) is 1.99. The highest BCUT2D eigenvalue weighted by atomic mass is 19.1. The molecule has 1 heterocycles. The molecule has 2 aromatic carbocycles. The highest BCUT2D eigenvalue weighted by molar-refractivity contribution is 5.32. The van der Waals surface area contributed by atoms with Crippen LogP contribution < -0.4 is 5.73 Å². The molecule has 1 aliphatic heterocycles. The number of rotatable bonds is 6. The fourth-order valence-electron chi connectivity index (χ4n) is 3.48. The lowest BCUT2D eigenvalue weighted by Crippen LogP contribution is -2.50. The van der Waals surface area contributed by atoms with Crippen molar-refractivity contribution in [2.75, 3.05) is 39.3 Å². The average molecular weight is 361 g/mol. The number of β-amino-alcohol motifs (C(OH)–C–C–N with tert-alkyl or cyclic N) is 1. The average Bonchev–Trinajstić information content (AvgIpc) is 2.66. The summed E-state index contributed by atoms with van der Waals surface area (Å²) in [6.07, 6.45) is -0.508. The van der Waals surface area contributed by atoms with Crippen molar-refractivity contribution in [3.05, 3.63) is 71.3 Å². The number of hydrogen-bond acceptors (Lipinski definition) is 4. The van der Waals surface area contributed by atoms with Crippen molar-refractivity contribution in [2.45, 2.75) is 12.1 Å². The first kappa shape index (κ1) is 18.9. The molecule has 0 aliphatic carbocycles. The van der Waals surface area contributed by atoms with E-state index in [1.54, 1.807) is 24.3 Å². The lowest BCUT2D eigenvalue weighted by molar-refractivity contribution is 0.0657. The predicted molar refractivity (Wildman–Crippen MR) is 97.7 cm³/mol. The minimum Gasteiger partial charge on any atom is -0.390 e. The van der Waals surface area contributed by atoms with Crippen molar-refractivity contribution < 1.29 is 13.9 Å². The van der Waals surface area contributed by atoms with Gasteiger partial charge in [-0.3, -0.25) is 9.80 Å². The van der Waals surface area contributed by atoms with Gasteiger partial charge in [-0.15, -0.1) is 0 Å². The summed E-state index contributed by atoms with van der Waals surface area (Å²) in [6, 6.07) is 12.9. The van der Waals surface area contributed by atoms with Crippen LogP contribution in [0.5, 0.6) is 0 Å². The molecule has 0 unspecified atom stereocenters. The molecular formula is C20H25F2N3O. The molecule has 0 aromatic heterocycles. The molecule has 0 radical (unpaired) electrons. The van der Waals surface area contributed by atoms with Gasteiger partial charge in [-0.05, 0) is 35.4 Å².